The minimum Gasteiger partial charge on any atom is -0.496 e. The Morgan fingerprint density at radius 3 is 2.50 bits per heavy atom. The molecule has 1 aliphatic rings. The van der Waals surface area contributed by atoms with Crippen molar-refractivity contribution in [3.05, 3.63) is 101 Å². The average Bonchev–Trinajstić information content (AvgIpc) is 3.14. The van der Waals surface area contributed by atoms with Gasteiger partial charge in [0.15, 0.2) is 0 Å². The normalized spacial score (nSPS) is 19.2. The van der Waals surface area contributed by atoms with E-state index in [1.807, 2.05) is 24.5 Å². The maximum atomic E-state index is 5.66. The summed E-state index contributed by atoms with van der Waals surface area (Å²) in [5, 5.41) is 0. The highest BCUT2D eigenvalue weighted by molar-refractivity contribution is 5.71. The summed E-state index contributed by atoms with van der Waals surface area (Å²) >= 11 is 0. The molecule has 4 rings (SSSR count). The van der Waals surface area contributed by atoms with E-state index in [1.54, 1.807) is 7.11 Å². The number of nitrogens with zero attached hydrogens (tertiary/aromatic N) is 1. The highest BCUT2D eigenvalue weighted by Gasteiger charge is 2.32. The van der Waals surface area contributed by atoms with E-state index in [2.05, 4.69) is 66.5 Å². The van der Waals surface area contributed by atoms with Crippen molar-refractivity contribution in [1.29, 1.82) is 0 Å². The van der Waals surface area contributed by atoms with Crippen molar-refractivity contribution in [3.8, 4) is 5.75 Å². The Morgan fingerprint density at radius 1 is 0.962 bits per heavy atom. The molecule has 2 atom stereocenters. The molecule has 1 aromatic heterocycles. The Bertz CT molecular complexity index is 912. The number of aromatic nitrogens is 1. The standard InChI is InChI=1S/C24H23NO/c1-17-9-11-18(12-10-17)22-14-20(19-6-5-13-25-16-19)15-23(22)21-7-3-4-8-24(21)26-2/h3-13,15-16,22-23H,14H2,1-2H3/t22-,23-/m0/s1. The maximum absolute atomic E-state index is 5.66. The van der Waals surface area contributed by atoms with Gasteiger partial charge < -0.3 is 4.74 Å². The summed E-state index contributed by atoms with van der Waals surface area (Å²) in [7, 11) is 1.75. The number of pyridine rings is 1. The van der Waals surface area contributed by atoms with Crippen molar-refractivity contribution in [2.45, 2.75) is 25.2 Å². The molecular weight excluding hydrogens is 318 g/mol. The Labute approximate surface area is 155 Å². The number of methoxy groups -OCH3 is 1. The molecule has 0 unspecified atom stereocenters. The SMILES string of the molecule is COc1ccccc1[C@@H]1C=C(c2cccnc2)C[C@H]1c1ccc(C)cc1. The van der Waals surface area contributed by atoms with E-state index in [1.165, 1.54) is 27.8 Å². The smallest absolute Gasteiger partial charge is 0.122 e. The van der Waals surface area contributed by atoms with Crippen LogP contribution in [0.1, 0.15) is 40.5 Å². The van der Waals surface area contributed by atoms with Crippen LogP contribution in [0.2, 0.25) is 0 Å². The van der Waals surface area contributed by atoms with Gasteiger partial charge in [-0.05, 0) is 48.1 Å². The highest BCUT2D eigenvalue weighted by atomic mass is 16.5. The lowest BCUT2D eigenvalue weighted by molar-refractivity contribution is 0.406. The first-order valence-electron chi connectivity index (χ1n) is 9.07. The molecule has 2 aromatic carbocycles. The fourth-order valence-electron chi connectivity index (χ4n) is 3.92. The van der Waals surface area contributed by atoms with Crippen molar-refractivity contribution in [1.82, 2.24) is 4.98 Å². The van der Waals surface area contributed by atoms with Crippen LogP contribution in [-0.4, -0.2) is 12.1 Å². The summed E-state index contributed by atoms with van der Waals surface area (Å²) in [6, 6.07) is 21.5. The van der Waals surface area contributed by atoms with E-state index in [0.29, 0.717) is 11.8 Å². The number of hydrogen-bond donors (Lipinski definition) is 0. The van der Waals surface area contributed by atoms with Gasteiger partial charge in [0, 0.05) is 23.9 Å². The highest BCUT2D eigenvalue weighted by Crippen LogP contribution is 2.49. The quantitative estimate of drug-likeness (QED) is 0.602. The predicted molar refractivity (Wildman–Crippen MR) is 106 cm³/mol. The van der Waals surface area contributed by atoms with Crippen LogP contribution in [0.3, 0.4) is 0 Å². The minimum absolute atomic E-state index is 0.295. The van der Waals surface area contributed by atoms with Crippen molar-refractivity contribution >= 4 is 5.57 Å². The van der Waals surface area contributed by atoms with E-state index >= 15 is 0 Å². The Morgan fingerprint density at radius 2 is 1.77 bits per heavy atom. The fraction of sp³-hybridized carbons (Fsp3) is 0.208. The van der Waals surface area contributed by atoms with Gasteiger partial charge in [-0.2, -0.15) is 0 Å². The van der Waals surface area contributed by atoms with Gasteiger partial charge in [0.25, 0.3) is 0 Å². The summed E-state index contributed by atoms with van der Waals surface area (Å²) in [5.41, 5.74) is 6.49. The average molecular weight is 341 g/mol. The number of para-hydroxylation sites is 1. The third-order valence-corrected chi connectivity index (χ3v) is 5.29. The molecule has 0 spiro atoms. The topological polar surface area (TPSA) is 22.1 Å². The second-order valence-electron chi connectivity index (χ2n) is 6.92. The van der Waals surface area contributed by atoms with Crippen LogP contribution in [0.25, 0.3) is 5.57 Å². The molecule has 1 heterocycles. The second-order valence-corrected chi connectivity index (χ2v) is 6.92. The van der Waals surface area contributed by atoms with Gasteiger partial charge >= 0.3 is 0 Å². The summed E-state index contributed by atoms with van der Waals surface area (Å²) in [6.07, 6.45) is 7.20. The molecule has 2 heteroatoms. The molecule has 130 valence electrons. The van der Waals surface area contributed by atoms with Crippen LogP contribution in [0, 0.1) is 6.92 Å². The van der Waals surface area contributed by atoms with Gasteiger partial charge in [0.05, 0.1) is 7.11 Å². The van der Waals surface area contributed by atoms with E-state index in [9.17, 15) is 0 Å². The third kappa shape index (κ3) is 3.15. The molecule has 0 N–H and O–H groups in total. The monoisotopic (exact) mass is 341 g/mol. The number of ether oxygens (including phenoxy) is 1. The molecule has 0 fully saturated rings. The van der Waals surface area contributed by atoms with Gasteiger partial charge in [0.1, 0.15) is 5.75 Å². The summed E-state index contributed by atoms with van der Waals surface area (Å²) < 4.78 is 5.66. The van der Waals surface area contributed by atoms with E-state index < -0.39 is 0 Å². The maximum Gasteiger partial charge on any atom is 0.122 e. The van der Waals surface area contributed by atoms with E-state index in [4.69, 9.17) is 4.74 Å². The van der Waals surface area contributed by atoms with Crippen LogP contribution >= 0.6 is 0 Å². The van der Waals surface area contributed by atoms with Crippen molar-refractivity contribution in [3.63, 3.8) is 0 Å². The van der Waals surface area contributed by atoms with Crippen molar-refractivity contribution < 1.29 is 4.74 Å². The molecule has 0 radical (unpaired) electrons. The largest absolute Gasteiger partial charge is 0.496 e. The van der Waals surface area contributed by atoms with Crippen LogP contribution in [0.5, 0.6) is 5.75 Å². The zero-order valence-electron chi connectivity index (χ0n) is 15.2. The van der Waals surface area contributed by atoms with Crippen molar-refractivity contribution in [2.24, 2.45) is 0 Å². The molecule has 26 heavy (non-hydrogen) atoms. The first-order valence-corrected chi connectivity index (χ1v) is 9.07. The molecule has 3 aromatic rings. The molecule has 0 aliphatic heterocycles. The number of benzene rings is 2. The van der Waals surface area contributed by atoms with Crippen LogP contribution in [0.15, 0.2) is 79.1 Å². The Hall–Kier alpha value is -2.87. The first kappa shape index (κ1) is 16.6. The Kier molecular flexibility index (Phi) is 4.57. The molecule has 0 saturated carbocycles. The molecule has 0 amide bonds. The van der Waals surface area contributed by atoms with Crippen LogP contribution in [0.4, 0.5) is 0 Å². The summed E-state index contributed by atoms with van der Waals surface area (Å²) in [6.45, 7) is 2.13. The lowest BCUT2D eigenvalue weighted by Gasteiger charge is -2.22. The summed E-state index contributed by atoms with van der Waals surface area (Å²) in [5.74, 6) is 1.66. The number of rotatable bonds is 4. The summed E-state index contributed by atoms with van der Waals surface area (Å²) in [4.78, 5) is 4.30. The molecule has 0 saturated heterocycles. The van der Waals surface area contributed by atoms with Gasteiger partial charge in [0.2, 0.25) is 0 Å². The lowest BCUT2D eigenvalue weighted by Crippen LogP contribution is -2.06. The minimum atomic E-state index is 0.295. The number of aryl methyl sites for hydroxylation is 1. The number of hydrogen-bond acceptors (Lipinski definition) is 2. The van der Waals surface area contributed by atoms with Gasteiger partial charge in [-0.1, -0.05) is 60.2 Å². The van der Waals surface area contributed by atoms with Crippen molar-refractivity contribution in [2.75, 3.05) is 7.11 Å². The van der Waals surface area contributed by atoms with Crippen LogP contribution in [-0.2, 0) is 0 Å². The van der Waals surface area contributed by atoms with Gasteiger partial charge in [-0.3, -0.25) is 4.98 Å². The predicted octanol–water partition coefficient (Wildman–Crippen LogP) is 5.75. The van der Waals surface area contributed by atoms with E-state index in [-0.39, 0.29) is 0 Å². The van der Waals surface area contributed by atoms with Crippen LogP contribution < -0.4 is 4.74 Å². The number of allylic oxidation sites excluding steroid dienone is 2. The zero-order valence-corrected chi connectivity index (χ0v) is 15.2. The fourth-order valence-corrected chi connectivity index (χ4v) is 3.92. The molecule has 2 nitrogen and oxygen atoms in total. The first-order chi connectivity index (χ1) is 12.8. The van der Waals surface area contributed by atoms with Gasteiger partial charge in [-0.15, -0.1) is 0 Å². The Balaban J connectivity index is 1.79. The molecule has 1 aliphatic carbocycles. The second kappa shape index (κ2) is 7.17. The van der Waals surface area contributed by atoms with E-state index in [0.717, 1.165) is 12.2 Å². The molecular formula is C24H23NO. The lowest BCUT2D eigenvalue weighted by atomic mass is 9.83. The third-order valence-electron chi connectivity index (χ3n) is 5.29. The van der Waals surface area contributed by atoms with Gasteiger partial charge in [-0.25, -0.2) is 0 Å². The zero-order chi connectivity index (χ0) is 17.9. The molecule has 0 bridgehead atoms.